The van der Waals surface area contributed by atoms with Gasteiger partial charge in [-0.25, -0.2) is 4.68 Å². The number of nitrogens with two attached hydrogens (primary N) is 1. The summed E-state index contributed by atoms with van der Waals surface area (Å²) in [7, 11) is 0. The Morgan fingerprint density at radius 2 is 1.70 bits per heavy atom. The van der Waals surface area contributed by atoms with Crippen molar-refractivity contribution in [1.29, 1.82) is 0 Å². The average Bonchev–Trinajstić information content (AvgIpc) is 2.92. The molecule has 0 saturated heterocycles. The van der Waals surface area contributed by atoms with Crippen LogP contribution < -0.4 is 5.73 Å². The van der Waals surface area contributed by atoms with Gasteiger partial charge in [0.25, 0.3) is 0 Å². The normalized spacial score (nSPS) is 10.7. The molecular weight excluding hydrogens is 248 g/mol. The molecule has 0 radical (unpaired) electrons. The Morgan fingerprint density at radius 3 is 2.40 bits per heavy atom. The third-order valence-electron chi connectivity index (χ3n) is 3.33. The standard InChI is InChI=1S/C16H16N4/c1-12-7-5-6-10-14(12)16-15(11-17)18-19-20(16)13-8-3-2-4-9-13/h2-10H,11,17H2,1H3. The minimum atomic E-state index is 0.372. The van der Waals surface area contributed by atoms with Crippen LogP contribution >= 0.6 is 0 Å². The maximum absolute atomic E-state index is 5.81. The fraction of sp³-hybridized carbons (Fsp3) is 0.125. The summed E-state index contributed by atoms with van der Waals surface area (Å²) in [4.78, 5) is 0. The number of aromatic nitrogens is 3. The van der Waals surface area contributed by atoms with Crippen molar-refractivity contribution in [2.45, 2.75) is 13.5 Å². The molecule has 1 heterocycles. The molecule has 20 heavy (non-hydrogen) atoms. The van der Waals surface area contributed by atoms with Crippen LogP contribution in [0.3, 0.4) is 0 Å². The minimum absolute atomic E-state index is 0.372. The van der Waals surface area contributed by atoms with Gasteiger partial charge in [-0.05, 0) is 24.6 Å². The zero-order chi connectivity index (χ0) is 13.9. The maximum atomic E-state index is 5.81. The number of hydrogen-bond donors (Lipinski definition) is 1. The minimum Gasteiger partial charge on any atom is -0.325 e. The zero-order valence-electron chi connectivity index (χ0n) is 11.3. The number of rotatable bonds is 3. The van der Waals surface area contributed by atoms with E-state index in [2.05, 4.69) is 29.4 Å². The molecule has 0 aliphatic heterocycles. The van der Waals surface area contributed by atoms with E-state index in [1.807, 2.05) is 47.1 Å². The molecule has 4 heteroatoms. The Balaban J connectivity index is 2.24. The third kappa shape index (κ3) is 2.10. The van der Waals surface area contributed by atoms with Gasteiger partial charge in [-0.1, -0.05) is 47.7 Å². The lowest BCUT2D eigenvalue weighted by Gasteiger charge is -2.10. The molecule has 0 spiro atoms. The lowest BCUT2D eigenvalue weighted by atomic mass is 10.0. The summed E-state index contributed by atoms with van der Waals surface area (Å²) in [5.41, 5.74) is 10.9. The van der Waals surface area contributed by atoms with Crippen molar-refractivity contribution in [3.63, 3.8) is 0 Å². The lowest BCUT2D eigenvalue weighted by Crippen LogP contribution is -2.03. The van der Waals surface area contributed by atoms with E-state index in [1.165, 1.54) is 5.56 Å². The highest BCUT2D eigenvalue weighted by atomic mass is 15.4. The van der Waals surface area contributed by atoms with Gasteiger partial charge in [0.1, 0.15) is 5.69 Å². The van der Waals surface area contributed by atoms with Gasteiger partial charge >= 0.3 is 0 Å². The summed E-state index contributed by atoms with van der Waals surface area (Å²) in [6.07, 6.45) is 0. The number of benzene rings is 2. The average molecular weight is 264 g/mol. The van der Waals surface area contributed by atoms with E-state index < -0.39 is 0 Å². The lowest BCUT2D eigenvalue weighted by molar-refractivity contribution is 0.800. The van der Waals surface area contributed by atoms with Crippen LogP contribution in [-0.4, -0.2) is 15.0 Å². The quantitative estimate of drug-likeness (QED) is 0.791. The fourth-order valence-corrected chi connectivity index (χ4v) is 2.31. The first-order valence-electron chi connectivity index (χ1n) is 6.57. The van der Waals surface area contributed by atoms with E-state index in [-0.39, 0.29) is 0 Å². The van der Waals surface area contributed by atoms with Crippen LogP contribution in [0, 0.1) is 6.92 Å². The van der Waals surface area contributed by atoms with E-state index in [1.54, 1.807) is 0 Å². The molecule has 2 N–H and O–H groups in total. The van der Waals surface area contributed by atoms with Gasteiger partial charge in [0.2, 0.25) is 0 Å². The second kappa shape index (κ2) is 5.27. The Kier molecular flexibility index (Phi) is 3.31. The van der Waals surface area contributed by atoms with Crippen molar-refractivity contribution < 1.29 is 0 Å². The second-order valence-electron chi connectivity index (χ2n) is 4.65. The van der Waals surface area contributed by atoms with Crippen LogP contribution in [0.1, 0.15) is 11.3 Å². The van der Waals surface area contributed by atoms with Gasteiger partial charge in [-0.2, -0.15) is 0 Å². The van der Waals surface area contributed by atoms with Crippen LogP contribution in [0.5, 0.6) is 0 Å². The van der Waals surface area contributed by atoms with Crippen molar-refractivity contribution >= 4 is 0 Å². The van der Waals surface area contributed by atoms with Gasteiger partial charge in [-0.15, -0.1) is 5.10 Å². The first-order chi connectivity index (χ1) is 9.81. The van der Waals surface area contributed by atoms with Crippen molar-refractivity contribution in [2.75, 3.05) is 0 Å². The second-order valence-corrected chi connectivity index (χ2v) is 4.65. The molecular formula is C16H16N4. The predicted octanol–water partition coefficient (Wildman–Crippen LogP) is 2.70. The zero-order valence-corrected chi connectivity index (χ0v) is 11.3. The highest BCUT2D eigenvalue weighted by Crippen LogP contribution is 2.27. The molecule has 3 aromatic rings. The smallest absolute Gasteiger partial charge is 0.105 e. The molecule has 0 fully saturated rings. The molecule has 0 saturated carbocycles. The van der Waals surface area contributed by atoms with E-state index >= 15 is 0 Å². The van der Waals surface area contributed by atoms with Crippen molar-refractivity contribution in [3.8, 4) is 16.9 Å². The van der Waals surface area contributed by atoms with E-state index in [0.717, 1.165) is 22.6 Å². The molecule has 2 aromatic carbocycles. The molecule has 4 nitrogen and oxygen atoms in total. The van der Waals surface area contributed by atoms with Crippen LogP contribution in [0.25, 0.3) is 16.9 Å². The van der Waals surface area contributed by atoms with Gasteiger partial charge in [0, 0.05) is 12.1 Å². The summed E-state index contributed by atoms with van der Waals surface area (Å²) in [6.45, 7) is 2.45. The number of para-hydroxylation sites is 1. The van der Waals surface area contributed by atoms with Gasteiger partial charge < -0.3 is 5.73 Å². The predicted molar refractivity (Wildman–Crippen MR) is 79.4 cm³/mol. The van der Waals surface area contributed by atoms with E-state index in [9.17, 15) is 0 Å². The van der Waals surface area contributed by atoms with Crippen LogP contribution in [0.4, 0.5) is 0 Å². The van der Waals surface area contributed by atoms with Crippen molar-refractivity contribution in [2.24, 2.45) is 5.73 Å². The summed E-state index contributed by atoms with van der Waals surface area (Å²) >= 11 is 0. The topological polar surface area (TPSA) is 56.7 Å². The van der Waals surface area contributed by atoms with Crippen LogP contribution in [-0.2, 0) is 6.54 Å². The van der Waals surface area contributed by atoms with Gasteiger partial charge in [0.15, 0.2) is 0 Å². The molecule has 0 amide bonds. The summed E-state index contributed by atoms with van der Waals surface area (Å²) < 4.78 is 1.85. The summed E-state index contributed by atoms with van der Waals surface area (Å²) in [5.74, 6) is 0. The van der Waals surface area contributed by atoms with Crippen molar-refractivity contribution in [1.82, 2.24) is 15.0 Å². The maximum Gasteiger partial charge on any atom is 0.105 e. The van der Waals surface area contributed by atoms with Gasteiger partial charge in [-0.3, -0.25) is 0 Å². The Hall–Kier alpha value is -2.46. The Labute approximate surface area is 117 Å². The Morgan fingerprint density at radius 1 is 1.00 bits per heavy atom. The molecule has 0 aliphatic rings. The SMILES string of the molecule is Cc1ccccc1-c1c(CN)nnn1-c1ccccc1. The van der Waals surface area contributed by atoms with E-state index in [4.69, 9.17) is 5.73 Å². The van der Waals surface area contributed by atoms with Gasteiger partial charge in [0.05, 0.1) is 11.4 Å². The fourth-order valence-electron chi connectivity index (χ4n) is 2.31. The van der Waals surface area contributed by atoms with Crippen molar-refractivity contribution in [3.05, 3.63) is 65.9 Å². The first kappa shape index (κ1) is 12.6. The number of hydrogen-bond acceptors (Lipinski definition) is 3. The summed E-state index contributed by atoms with van der Waals surface area (Å²) in [5, 5.41) is 8.48. The first-order valence-corrected chi connectivity index (χ1v) is 6.57. The van der Waals surface area contributed by atoms with E-state index in [0.29, 0.717) is 6.54 Å². The van der Waals surface area contributed by atoms with Crippen LogP contribution in [0.2, 0.25) is 0 Å². The number of aryl methyl sites for hydroxylation is 1. The van der Waals surface area contributed by atoms with Crippen LogP contribution in [0.15, 0.2) is 54.6 Å². The number of nitrogens with zero attached hydrogens (tertiary/aromatic N) is 3. The summed E-state index contributed by atoms with van der Waals surface area (Å²) in [6, 6.07) is 18.2. The molecule has 0 bridgehead atoms. The molecule has 3 rings (SSSR count). The highest BCUT2D eigenvalue weighted by Gasteiger charge is 2.16. The Bertz CT molecular complexity index is 716. The molecule has 1 aromatic heterocycles. The molecule has 0 unspecified atom stereocenters. The highest BCUT2D eigenvalue weighted by molar-refractivity contribution is 5.67. The third-order valence-corrected chi connectivity index (χ3v) is 3.33. The largest absolute Gasteiger partial charge is 0.325 e. The molecule has 0 aliphatic carbocycles. The molecule has 0 atom stereocenters. The monoisotopic (exact) mass is 264 g/mol. The molecule has 100 valence electrons.